The zero-order chi connectivity index (χ0) is 19.9. The van der Waals surface area contributed by atoms with Crippen LogP contribution >= 0.6 is 0 Å². The summed E-state index contributed by atoms with van der Waals surface area (Å²) in [5.41, 5.74) is 1.01. The van der Waals surface area contributed by atoms with Crippen LogP contribution < -0.4 is 10.6 Å². The summed E-state index contributed by atoms with van der Waals surface area (Å²) in [5.74, 6) is -1.40. The highest BCUT2D eigenvalue weighted by molar-refractivity contribution is 5.93. The third-order valence-electron chi connectivity index (χ3n) is 4.06. The largest absolute Gasteiger partial charge is 0.351 e. The van der Waals surface area contributed by atoms with Crippen molar-refractivity contribution in [2.45, 2.75) is 19.8 Å². The van der Waals surface area contributed by atoms with Gasteiger partial charge in [0.1, 0.15) is 34.7 Å². The zero-order valence-electron chi connectivity index (χ0n) is 15.4. The molecule has 0 atom stereocenters. The predicted octanol–water partition coefficient (Wildman–Crippen LogP) is 4.17. The van der Waals surface area contributed by atoms with Crippen molar-refractivity contribution in [2.75, 3.05) is 11.9 Å². The molecule has 1 aromatic heterocycles. The first kappa shape index (κ1) is 19.4. The molecular formula is C21H20F2N4O. The molecule has 2 N–H and O–H groups in total. The molecule has 3 rings (SSSR count). The average Bonchev–Trinajstić information content (AvgIpc) is 2.68. The summed E-state index contributed by atoms with van der Waals surface area (Å²) < 4.78 is 27.6. The van der Waals surface area contributed by atoms with Crippen LogP contribution in [0.4, 0.5) is 20.3 Å². The Morgan fingerprint density at radius 3 is 2.43 bits per heavy atom. The summed E-state index contributed by atoms with van der Waals surface area (Å²) in [6.45, 7) is 2.09. The van der Waals surface area contributed by atoms with Crippen LogP contribution in [0, 0.1) is 18.6 Å². The van der Waals surface area contributed by atoms with Crippen molar-refractivity contribution in [1.29, 1.82) is 0 Å². The Kier molecular flexibility index (Phi) is 6.26. The first-order chi connectivity index (χ1) is 13.5. The molecule has 5 nitrogen and oxygen atoms in total. The molecule has 144 valence electrons. The van der Waals surface area contributed by atoms with Crippen LogP contribution in [0.2, 0.25) is 0 Å². The van der Waals surface area contributed by atoms with Crippen LogP contribution in [0.1, 0.15) is 28.3 Å². The van der Waals surface area contributed by atoms with Gasteiger partial charge in [-0.15, -0.1) is 0 Å². The van der Waals surface area contributed by atoms with E-state index in [1.807, 2.05) is 30.3 Å². The van der Waals surface area contributed by atoms with Crippen molar-refractivity contribution in [3.63, 3.8) is 0 Å². The number of hydrogen-bond donors (Lipinski definition) is 2. The third kappa shape index (κ3) is 5.09. The van der Waals surface area contributed by atoms with Gasteiger partial charge >= 0.3 is 0 Å². The minimum atomic E-state index is -0.747. The number of rotatable bonds is 7. The Hall–Kier alpha value is -3.35. The third-order valence-corrected chi connectivity index (χ3v) is 4.06. The molecule has 1 heterocycles. The summed E-state index contributed by atoms with van der Waals surface area (Å²) in [5, 5.41) is 5.39. The molecule has 1 amide bonds. The Morgan fingerprint density at radius 1 is 1.00 bits per heavy atom. The van der Waals surface area contributed by atoms with Gasteiger partial charge in [0.15, 0.2) is 0 Å². The second-order valence-electron chi connectivity index (χ2n) is 6.25. The van der Waals surface area contributed by atoms with Crippen LogP contribution in [-0.4, -0.2) is 22.4 Å². The van der Waals surface area contributed by atoms with Gasteiger partial charge < -0.3 is 10.6 Å². The van der Waals surface area contributed by atoms with Crippen molar-refractivity contribution in [3.05, 3.63) is 83.3 Å². The number of carbonyl (C=O) groups excluding carboxylic acids is 1. The lowest BCUT2D eigenvalue weighted by Crippen LogP contribution is -2.26. The van der Waals surface area contributed by atoms with E-state index < -0.39 is 11.6 Å². The Balaban J connectivity index is 1.63. The van der Waals surface area contributed by atoms with Crippen LogP contribution in [0.5, 0.6) is 0 Å². The van der Waals surface area contributed by atoms with E-state index in [1.54, 1.807) is 6.92 Å². The summed E-state index contributed by atoms with van der Waals surface area (Å²) >= 11 is 0. The summed E-state index contributed by atoms with van der Waals surface area (Å²) in [6.07, 6.45) is 1.63. The molecule has 0 unspecified atom stereocenters. The van der Waals surface area contributed by atoms with E-state index in [4.69, 9.17) is 0 Å². The molecule has 0 fully saturated rings. The molecule has 0 aliphatic heterocycles. The number of carbonyl (C=O) groups is 1. The van der Waals surface area contributed by atoms with E-state index in [9.17, 15) is 13.6 Å². The van der Waals surface area contributed by atoms with Crippen molar-refractivity contribution < 1.29 is 13.6 Å². The maximum Gasteiger partial charge on any atom is 0.270 e. The van der Waals surface area contributed by atoms with Gasteiger partial charge in [0.25, 0.3) is 5.91 Å². The minimum absolute atomic E-state index is 0.131. The second-order valence-corrected chi connectivity index (χ2v) is 6.25. The lowest BCUT2D eigenvalue weighted by Gasteiger charge is -2.10. The monoisotopic (exact) mass is 382 g/mol. The molecule has 28 heavy (non-hydrogen) atoms. The summed E-state index contributed by atoms with van der Waals surface area (Å²) in [6, 6.07) is 14.9. The molecule has 0 aliphatic rings. The molecule has 0 radical (unpaired) electrons. The number of amides is 1. The Labute approximate surface area is 161 Å². The van der Waals surface area contributed by atoms with Crippen molar-refractivity contribution in [1.82, 2.24) is 15.3 Å². The highest BCUT2D eigenvalue weighted by Crippen LogP contribution is 2.22. The van der Waals surface area contributed by atoms with Crippen LogP contribution in [0.3, 0.4) is 0 Å². The number of aryl methyl sites for hydroxylation is 2. The number of para-hydroxylation sites is 1. The number of halogens is 2. The number of anilines is 2. The van der Waals surface area contributed by atoms with Crippen molar-refractivity contribution in [2.24, 2.45) is 0 Å². The maximum absolute atomic E-state index is 13.8. The number of aromatic nitrogens is 2. The Bertz CT molecular complexity index is 944. The molecule has 7 heteroatoms. The number of hydrogen-bond acceptors (Lipinski definition) is 4. The standard InChI is InChI=1S/C21H20F2N4O/c1-14-25-18(21(28)24-12-6-9-15-7-3-2-4-8-15)13-19(26-14)27-20-16(22)10-5-11-17(20)23/h2-5,7-8,10-11,13H,6,9,12H2,1H3,(H,24,28)(H,25,26,27). The maximum atomic E-state index is 13.8. The van der Waals surface area contributed by atoms with Gasteiger partial charge in [0.2, 0.25) is 0 Å². The zero-order valence-corrected chi connectivity index (χ0v) is 15.4. The molecular weight excluding hydrogens is 362 g/mol. The van der Waals surface area contributed by atoms with Gasteiger partial charge in [-0.3, -0.25) is 4.79 Å². The lowest BCUT2D eigenvalue weighted by atomic mass is 10.1. The highest BCUT2D eigenvalue weighted by atomic mass is 19.1. The van der Waals surface area contributed by atoms with Gasteiger partial charge in [-0.05, 0) is 37.5 Å². The van der Waals surface area contributed by atoms with Gasteiger partial charge in [-0.1, -0.05) is 36.4 Å². The average molecular weight is 382 g/mol. The number of nitrogens with one attached hydrogen (secondary N) is 2. The van der Waals surface area contributed by atoms with E-state index in [-0.39, 0.29) is 23.1 Å². The second kappa shape index (κ2) is 9.03. The minimum Gasteiger partial charge on any atom is -0.351 e. The lowest BCUT2D eigenvalue weighted by molar-refractivity contribution is 0.0948. The van der Waals surface area contributed by atoms with Crippen LogP contribution in [-0.2, 0) is 6.42 Å². The fraction of sp³-hybridized carbons (Fsp3) is 0.190. The van der Waals surface area contributed by atoms with E-state index in [0.717, 1.165) is 25.0 Å². The molecule has 0 aliphatic carbocycles. The summed E-state index contributed by atoms with van der Waals surface area (Å²) in [7, 11) is 0. The van der Waals surface area contributed by atoms with Gasteiger partial charge in [-0.25, -0.2) is 18.7 Å². The highest BCUT2D eigenvalue weighted by Gasteiger charge is 2.13. The molecule has 0 saturated carbocycles. The van der Waals surface area contributed by atoms with E-state index in [0.29, 0.717) is 12.4 Å². The molecule has 0 spiro atoms. The van der Waals surface area contributed by atoms with Crippen molar-refractivity contribution >= 4 is 17.4 Å². The topological polar surface area (TPSA) is 66.9 Å². The number of benzene rings is 2. The quantitative estimate of drug-likeness (QED) is 0.602. The summed E-state index contributed by atoms with van der Waals surface area (Å²) in [4.78, 5) is 20.6. The fourth-order valence-corrected chi connectivity index (χ4v) is 2.72. The number of nitrogens with zero attached hydrogens (tertiary/aromatic N) is 2. The fourth-order valence-electron chi connectivity index (χ4n) is 2.72. The molecule has 3 aromatic rings. The van der Waals surface area contributed by atoms with Gasteiger partial charge in [0, 0.05) is 12.6 Å². The SMILES string of the molecule is Cc1nc(Nc2c(F)cccc2F)cc(C(=O)NCCCc2ccccc2)n1. The predicted molar refractivity (Wildman–Crippen MR) is 104 cm³/mol. The van der Waals surface area contributed by atoms with Crippen molar-refractivity contribution in [3.8, 4) is 0 Å². The van der Waals surface area contributed by atoms with Crippen LogP contribution in [0.15, 0.2) is 54.6 Å². The van der Waals surface area contributed by atoms with E-state index in [1.165, 1.54) is 17.7 Å². The smallest absolute Gasteiger partial charge is 0.270 e. The van der Waals surface area contributed by atoms with Gasteiger partial charge in [-0.2, -0.15) is 0 Å². The molecule has 2 aromatic carbocycles. The first-order valence-electron chi connectivity index (χ1n) is 8.92. The first-order valence-corrected chi connectivity index (χ1v) is 8.92. The normalized spacial score (nSPS) is 10.5. The van der Waals surface area contributed by atoms with Crippen LogP contribution in [0.25, 0.3) is 0 Å². The molecule has 0 bridgehead atoms. The van der Waals surface area contributed by atoms with E-state index in [2.05, 4.69) is 20.6 Å². The Morgan fingerprint density at radius 2 is 1.71 bits per heavy atom. The van der Waals surface area contributed by atoms with Gasteiger partial charge in [0.05, 0.1) is 0 Å². The van der Waals surface area contributed by atoms with E-state index >= 15 is 0 Å². The molecule has 0 saturated heterocycles.